The van der Waals surface area contributed by atoms with Crippen LogP contribution in [-0.2, 0) is 4.79 Å². The van der Waals surface area contributed by atoms with E-state index >= 15 is 0 Å². The van der Waals surface area contributed by atoms with E-state index in [-0.39, 0.29) is 10.5 Å². The number of carbonyl (C=O) groups excluding carboxylic acids is 2. The summed E-state index contributed by atoms with van der Waals surface area (Å²) in [6.45, 7) is 0. The lowest BCUT2D eigenvalue weighted by atomic mass is 10.2. The summed E-state index contributed by atoms with van der Waals surface area (Å²) in [7, 11) is -2.84. The Morgan fingerprint density at radius 1 is 0.692 bits per heavy atom. The minimum atomic E-state index is -2.84. The van der Waals surface area contributed by atoms with Crippen LogP contribution < -0.4 is 26.5 Å². The lowest BCUT2D eigenvalue weighted by molar-refractivity contribution is -0.113. The third-order valence-corrected chi connectivity index (χ3v) is 11.8. The summed E-state index contributed by atoms with van der Waals surface area (Å²) in [5.41, 5.74) is 0.384. The summed E-state index contributed by atoms with van der Waals surface area (Å²) < 4.78 is 0.254. The van der Waals surface area contributed by atoms with Crippen molar-refractivity contribution in [1.82, 2.24) is 10.3 Å². The molecule has 5 nitrogen and oxygen atoms in total. The van der Waals surface area contributed by atoms with Gasteiger partial charge in [-0.25, -0.2) is 4.98 Å². The maximum Gasteiger partial charge on any atom is 0.279 e. The summed E-state index contributed by atoms with van der Waals surface area (Å²) in [5, 5.41) is 10.7. The van der Waals surface area contributed by atoms with Crippen molar-refractivity contribution in [2.45, 2.75) is 0 Å². The van der Waals surface area contributed by atoms with Crippen molar-refractivity contribution in [1.29, 1.82) is 0 Å². The van der Waals surface area contributed by atoms with E-state index in [1.165, 1.54) is 11.3 Å². The smallest absolute Gasteiger partial charge is 0.279 e. The van der Waals surface area contributed by atoms with Gasteiger partial charge in [0.05, 0.1) is 0 Å². The molecular formula is C31H24ClN3O2PS+. The van der Waals surface area contributed by atoms with Crippen molar-refractivity contribution < 1.29 is 9.59 Å². The number of hydrogen-bond donors (Lipinski definition) is 2. The van der Waals surface area contributed by atoms with Crippen LogP contribution in [0.4, 0.5) is 5.13 Å². The summed E-state index contributed by atoms with van der Waals surface area (Å²) in [5.74, 6) is -0.989. The van der Waals surface area contributed by atoms with Crippen molar-refractivity contribution in [3.05, 3.63) is 149 Å². The van der Waals surface area contributed by atoms with Gasteiger partial charge in [0.2, 0.25) is 4.77 Å². The van der Waals surface area contributed by atoms with Gasteiger partial charge in [0.15, 0.2) is 18.1 Å². The van der Waals surface area contributed by atoms with E-state index in [9.17, 15) is 9.59 Å². The third-order valence-electron chi connectivity index (χ3n) is 6.09. The fourth-order valence-corrected chi connectivity index (χ4v) is 9.79. The molecule has 5 rings (SSSR count). The maximum absolute atomic E-state index is 13.9. The Labute approximate surface area is 236 Å². The second kappa shape index (κ2) is 12.2. The minimum Gasteiger partial charge on any atom is -0.313 e. The second-order valence-corrected chi connectivity index (χ2v) is 13.3. The molecule has 0 radical (unpaired) electrons. The van der Waals surface area contributed by atoms with Gasteiger partial charge >= 0.3 is 0 Å². The van der Waals surface area contributed by atoms with Crippen molar-refractivity contribution in [3.63, 3.8) is 0 Å². The van der Waals surface area contributed by atoms with Crippen LogP contribution in [0.5, 0.6) is 0 Å². The number of halogens is 1. The average Bonchev–Trinajstić information content (AvgIpc) is 3.51. The molecule has 2 amide bonds. The van der Waals surface area contributed by atoms with Gasteiger partial charge in [-0.1, -0.05) is 72.8 Å². The quantitative estimate of drug-likeness (QED) is 0.180. The molecule has 1 heterocycles. The maximum atomic E-state index is 13.9. The highest BCUT2D eigenvalue weighted by molar-refractivity contribution is 8.00. The Balaban J connectivity index is 1.79. The first kappa shape index (κ1) is 26.5. The molecule has 0 atom stereocenters. The van der Waals surface area contributed by atoms with E-state index < -0.39 is 19.1 Å². The molecule has 0 saturated heterocycles. The van der Waals surface area contributed by atoms with Gasteiger partial charge in [-0.05, 0) is 60.1 Å². The largest absolute Gasteiger partial charge is 0.313 e. The molecule has 0 bridgehead atoms. The lowest BCUT2D eigenvalue weighted by Crippen LogP contribution is -2.37. The highest BCUT2D eigenvalue weighted by Crippen LogP contribution is 2.64. The van der Waals surface area contributed by atoms with E-state index in [1.807, 2.05) is 97.1 Å². The van der Waals surface area contributed by atoms with Gasteiger partial charge in [-0.15, -0.1) is 11.3 Å². The molecule has 0 saturated carbocycles. The number of carbonyl (C=O) groups is 2. The van der Waals surface area contributed by atoms with Gasteiger partial charge in [-0.3, -0.25) is 14.9 Å². The molecule has 192 valence electrons. The van der Waals surface area contributed by atoms with Crippen LogP contribution >= 0.6 is 30.2 Å². The van der Waals surface area contributed by atoms with Gasteiger partial charge in [0.25, 0.3) is 11.8 Å². The van der Waals surface area contributed by atoms with Crippen LogP contribution in [-0.4, -0.2) is 16.8 Å². The number of thiazole rings is 1. The van der Waals surface area contributed by atoms with Crippen molar-refractivity contribution >= 4 is 63.1 Å². The number of nitrogens with one attached hydrogen (secondary N) is 2. The molecular weight excluding hydrogens is 545 g/mol. The molecule has 1 aromatic heterocycles. The van der Waals surface area contributed by atoms with E-state index in [2.05, 4.69) is 15.6 Å². The predicted molar refractivity (Wildman–Crippen MR) is 163 cm³/mol. The Morgan fingerprint density at radius 2 is 1.15 bits per heavy atom. The summed E-state index contributed by atoms with van der Waals surface area (Å²) >= 11 is 8.76. The fraction of sp³-hybridized carbons (Fsp3) is 0. The highest BCUT2D eigenvalue weighted by atomic mass is 35.5. The highest BCUT2D eigenvalue weighted by Gasteiger charge is 2.52. The number of anilines is 1. The zero-order valence-corrected chi connectivity index (χ0v) is 23.2. The number of aromatic nitrogens is 1. The third kappa shape index (κ3) is 5.55. The van der Waals surface area contributed by atoms with Gasteiger partial charge in [0, 0.05) is 17.1 Å². The fourth-order valence-electron chi connectivity index (χ4n) is 4.33. The van der Waals surface area contributed by atoms with E-state index in [4.69, 9.17) is 11.6 Å². The first-order chi connectivity index (χ1) is 19.1. The first-order valence-corrected chi connectivity index (χ1v) is 15.2. The summed E-state index contributed by atoms with van der Waals surface area (Å²) in [6, 6.07) is 38.4. The minimum absolute atomic E-state index is 0.0226. The van der Waals surface area contributed by atoms with E-state index in [1.54, 1.807) is 35.8 Å². The molecule has 8 heteroatoms. The molecule has 39 heavy (non-hydrogen) atoms. The van der Waals surface area contributed by atoms with Crippen LogP contribution in [0.1, 0.15) is 10.4 Å². The Bertz CT molecular complexity index is 1480. The second-order valence-electron chi connectivity index (χ2n) is 8.45. The van der Waals surface area contributed by atoms with Gasteiger partial charge in [-0.2, -0.15) is 0 Å². The molecule has 4 aromatic carbocycles. The average molecular weight is 569 g/mol. The standard InChI is InChI=1S/C31H23ClN3O2PS/c32-28(27(30(37)35-31-33-21-22-39-31)34-29(36)23-13-5-1-6-14-23)38(24-15-7-2-8-16-24,25-17-9-3-10-18-25)26-19-11-4-12-20-26/h1-22H,(H-,33,34,35,36,37)/p+1/b28-27+. The SMILES string of the molecule is O=C(Nc1nccs1)/C(NC(=O)c1ccccc1)=C(/Cl)[P+](c1ccccc1)(c1ccccc1)c1ccccc1. The Kier molecular flexibility index (Phi) is 8.28. The molecule has 5 aromatic rings. The van der Waals surface area contributed by atoms with Crippen LogP contribution in [0.25, 0.3) is 0 Å². The number of benzene rings is 4. The number of rotatable bonds is 8. The van der Waals surface area contributed by atoms with Gasteiger partial charge in [0.1, 0.15) is 15.9 Å². The zero-order chi connectivity index (χ0) is 27.1. The van der Waals surface area contributed by atoms with Crippen molar-refractivity contribution in [3.8, 4) is 0 Å². The van der Waals surface area contributed by atoms with Crippen LogP contribution in [0.15, 0.2) is 143 Å². The van der Waals surface area contributed by atoms with Crippen molar-refractivity contribution in [2.75, 3.05) is 5.32 Å². The molecule has 0 aliphatic rings. The van der Waals surface area contributed by atoms with Crippen molar-refractivity contribution in [2.24, 2.45) is 0 Å². The lowest BCUT2D eigenvalue weighted by Gasteiger charge is -2.28. The number of nitrogens with zero attached hydrogens (tertiary/aromatic N) is 1. The van der Waals surface area contributed by atoms with Crippen LogP contribution in [0.2, 0.25) is 0 Å². The molecule has 0 unspecified atom stereocenters. The van der Waals surface area contributed by atoms with Gasteiger partial charge < -0.3 is 5.32 Å². The zero-order valence-electron chi connectivity index (χ0n) is 20.7. The van der Waals surface area contributed by atoms with E-state index in [0.717, 1.165) is 15.9 Å². The van der Waals surface area contributed by atoms with Crippen LogP contribution in [0, 0.1) is 0 Å². The summed E-state index contributed by atoms with van der Waals surface area (Å²) in [6.07, 6.45) is 1.60. The normalized spacial score (nSPS) is 11.8. The molecule has 2 N–H and O–H groups in total. The molecule has 0 aliphatic heterocycles. The number of amides is 2. The number of hydrogen-bond acceptors (Lipinski definition) is 4. The summed E-state index contributed by atoms with van der Waals surface area (Å²) in [4.78, 5) is 31.5. The predicted octanol–water partition coefficient (Wildman–Crippen LogP) is 5.91. The molecule has 0 aliphatic carbocycles. The van der Waals surface area contributed by atoms with E-state index in [0.29, 0.717) is 10.7 Å². The molecule has 0 fully saturated rings. The Hall–Kier alpha value is -4.09. The first-order valence-electron chi connectivity index (χ1n) is 12.1. The Morgan fingerprint density at radius 3 is 1.59 bits per heavy atom. The molecule has 0 spiro atoms. The topological polar surface area (TPSA) is 71.1 Å². The monoisotopic (exact) mass is 568 g/mol. The van der Waals surface area contributed by atoms with Crippen LogP contribution in [0.3, 0.4) is 0 Å².